The van der Waals surface area contributed by atoms with Crippen LogP contribution in [0.3, 0.4) is 0 Å². The highest BCUT2D eigenvalue weighted by molar-refractivity contribution is 5.92. The minimum atomic E-state index is -0.613. The Labute approximate surface area is 248 Å². The number of anilines is 3. The van der Waals surface area contributed by atoms with Gasteiger partial charge in [0.05, 0.1) is 0 Å². The summed E-state index contributed by atoms with van der Waals surface area (Å²) < 4.78 is 13.6. The van der Waals surface area contributed by atoms with Crippen LogP contribution < -0.4 is 16.0 Å². The molecule has 2 aromatic carbocycles. The number of carbonyl (C=O) groups excluding carboxylic acids is 2. The Morgan fingerprint density at radius 3 is 2.48 bits per heavy atom. The van der Waals surface area contributed by atoms with Gasteiger partial charge in [-0.1, -0.05) is 43.3 Å². The molecule has 42 heavy (non-hydrogen) atoms. The second-order valence-electron chi connectivity index (χ2n) is 10.4. The molecule has 1 aromatic heterocycles. The van der Waals surface area contributed by atoms with Crippen LogP contribution in [-0.4, -0.2) is 71.9 Å². The third kappa shape index (κ3) is 9.95. The van der Waals surface area contributed by atoms with E-state index in [9.17, 15) is 14.0 Å². The number of aryl methyl sites for hydroxylation is 2. The van der Waals surface area contributed by atoms with E-state index in [4.69, 9.17) is 0 Å². The molecule has 0 aliphatic heterocycles. The molecule has 0 bridgehead atoms. The number of rotatable bonds is 15. The quantitative estimate of drug-likeness (QED) is 0.229. The fourth-order valence-corrected chi connectivity index (χ4v) is 4.16. The number of nitrogens with one attached hydrogen (secondary N) is 3. The van der Waals surface area contributed by atoms with E-state index < -0.39 is 6.04 Å². The summed E-state index contributed by atoms with van der Waals surface area (Å²) in [4.78, 5) is 37.8. The fourth-order valence-electron chi connectivity index (χ4n) is 4.16. The van der Waals surface area contributed by atoms with Crippen molar-refractivity contribution in [2.75, 3.05) is 44.9 Å². The molecule has 2 amide bonds. The Kier molecular flexibility index (Phi) is 12.4. The number of halogens is 1. The molecule has 3 rings (SSSR count). The number of carbonyl (C=O) groups is 2. The highest BCUT2D eigenvalue weighted by atomic mass is 19.1. The molecule has 1 heterocycles. The van der Waals surface area contributed by atoms with Crippen molar-refractivity contribution in [2.24, 2.45) is 0 Å². The molecule has 9 nitrogen and oxygen atoms in total. The molecule has 0 spiro atoms. The molecule has 0 radical (unpaired) electrons. The van der Waals surface area contributed by atoms with E-state index in [1.165, 1.54) is 23.1 Å². The molecule has 1 atom stereocenters. The van der Waals surface area contributed by atoms with Crippen molar-refractivity contribution in [1.29, 1.82) is 0 Å². The van der Waals surface area contributed by atoms with Crippen LogP contribution in [0.15, 0.2) is 66.9 Å². The Morgan fingerprint density at radius 2 is 1.76 bits per heavy atom. The minimum absolute atomic E-state index is 0.216. The van der Waals surface area contributed by atoms with Gasteiger partial charge in [-0.15, -0.1) is 0 Å². The Balaban J connectivity index is 1.64. The molecule has 0 fully saturated rings. The lowest BCUT2D eigenvalue weighted by Crippen LogP contribution is -2.45. The van der Waals surface area contributed by atoms with Gasteiger partial charge in [0.15, 0.2) is 0 Å². The average Bonchev–Trinajstić information content (AvgIpc) is 2.97. The molecule has 0 aliphatic carbocycles. The molecule has 3 aromatic rings. The third-order valence-electron chi connectivity index (χ3n) is 6.76. The van der Waals surface area contributed by atoms with Gasteiger partial charge in [-0.2, -0.15) is 4.98 Å². The van der Waals surface area contributed by atoms with Gasteiger partial charge in [-0.3, -0.25) is 9.59 Å². The first kappa shape index (κ1) is 32.2. The first-order valence-electron chi connectivity index (χ1n) is 14.2. The second-order valence-corrected chi connectivity index (χ2v) is 10.4. The molecule has 0 saturated heterocycles. The maximum absolute atomic E-state index is 13.6. The van der Waals surface area contributed by atoms with Gasteiger partial charge in [0.2, 0.25) is 17.8 Å². The molecule has 0 saturated carbocycles. The van der Waals surface area contributed by atoms with Crippen LogP contribution in [0.1, 0.15) is 37.0 Å². The summed E-state index contributed by atoms with van der Waals surface area (Å²) in [6.07, 6.45) is 7.41. The summed E-state index contributed by atoms with van der Waals surface area (Å²) in [6, 6.07) is 13.5. The molecule has 0 unspecified atom stereocenters. The van der Waals surface area contributed by atoms with Crippen LogP contribution in [0.5, 0.6) is 0 Å². The highest BCUT2D eigenvalue weighted by Crippen LogP contribution is 2.21. The zero-order chi connectivity index (χ0) is 30.5. The smallest absolute Gasteiger partial charge is 0.246 e. The monoisotopic (exact) mass is 575 g/mol. The van der Waals surface area contributed by atoms with Crippen LogP contribution in [0.25, 0.3) is 0 Å². The average molecular weight is 576 g/mol. The van der Waals surface area contributed by atoms with Crippen LogP contribution in [0, 0.1) is 5.82 Å². The number of nitrogens with zero attached hydrogens (tertiary/aromatic N) is 4. The van der Waals surface area contributed by atoms with Crippen LogP contribution in [0.4, 0.5) is 21.8 Å². The van der Waals surface area contributed by atoms with E-state index in [0.29, 0.717) is 31.1 Å². The van der Waals surface area contributed by atoms with Crippen molar-refractivity contribution in [2.45, 2.75) is 45.7 Å². The van der Waals surface area contributed by atoms with E-state index in [1.807, 2.05) is 37.2 Å². The Hall–Kier alpha value is -4.31. The van der Waals surface area contributed by atoms with Crippen molar-refractivity contribution >= 4 is 29.3 Å². The Morgan fingerprint density at radius 1 is 1.02 bits per heavy atom. The normalized spacial score (nSPS) is 11.9. The predicted molar refractivity (Wildman–Crippen MR) is 166 cm³/mol. The van der Waals surface area contributed by atoms with Crippen molar-refractivity contribution in [3.63, 3.8) is 0 Å². The maximum Gasteiger partial charge on any atom is 0.246 e. The zero-order valence-corrected chi connectivity index (χ0v) is 25.2. The van der Waals surface area contributed by atoms with Gasteiger partial charge in [-0.05, 0) is 69.6 Å². The maximum atomic E-state index is 13.6. The molecular formula is C32H42FN7O2. The summed E-state index contributed by atoms with van der Waals surface area (Å²) in [5, 5.41) is 9.43. The predicted octanol–water partition coefficient (Wildman–Crippen LogP) is 4.55. The highest BCUT2D eigenvalue weighted by Gasteiger charge is 2.21. The lowest BCUT2D eigenvalue weighted by atomic mass is 10.0. The molecule has 224 valence electrons. The summed E-state index contributed by atoms with van der Waals surface area (Å²) in [7, 11) is 5.48. The largest absolute Gasteiger partial charge is 0.370 e. The standard InChI is InChI=1S/C32H42FN7O2/c1-6-18-34-30-26(22-36-32(38-30)37-28-14-9-13-27(33)20-28)17-16-24-11-7-8-12-25(24)21-35-31(42)23(2)40(5)29(41)15-10-19-39(3)4/h7-15,20,22-23H,6,16-19,21H2,1-5H3,(H,35,42)(H2,34,36,37,38)/t23-/m0/s1. The first-order chi connectivity index (χ1) is 20.2. The van der Waals surface area contributed by atoms with Crippen molar-refractivity contribution in [3.8, 4) is 0 Å². The van der Waals surface area contributed by atoms with Gasteiger partial charge in [-0.25, -0.2) is 9.37 Å². The third-order valence-corrected chi connectivity index (χ3v) is 6.76. The van der Waals surface area contributed by atoms with Gasteiger partial charge in [0, 0.05) is 50.2 Å². The number of benzene rings is 2. The van der Waals surface area contributed by atoms with E-state index in [1.54, 1.807) is 38.4 Å². The second kappa shape index (κ2) is 16.2. The summed E-state index contributed by atoms with van der Waals surface area (Å²) in [6.45, 7) is 5.56. The number of amides is 2. The summed E-state index contributed by atoms with van der Waals surface area (Å²) in [5.41, 5.74) is 3.64. The summed E-state index contributed by atoms with van der Waals surface area (Å²) in [5.74, 6) is 0.349. The van der Waals surface area contributed by atoms with Crippen molar-refractivity contribution in [3.05, 3.63) is 89.4 Å². The number of hydrogen-bond acceptors (Lipinski definition) is 7. The topological polar surface area (TPSA) is 102 Å². The van der Waals surface area contributed by atoms with E-state index in [0.717, 1.165) is 41.9 Å². The van der Waals surface area contributed by atoms with E-state index in [2.05, 4.69) is 38.9 Å². The number of aromatic nitrogens is 2. The van der Waals surface area contributed by atoms with Crippen LogP contribution >= 0.6 is 0 Å². The Bertz CT molecular complexity index is 1360. The van der Waals surface area contributed by atoms with Crippen LogP contribution in [-0.2, 0) is 29.0 Å². The van der Waals surface area contributed by atoms with Gasteiger partial charge < -0.3 is 25.8 Å². The molecule has 10 heteroatoms. The zero-order valence-electron chi connectivity index (χ0n) is 25.2. The van der Waals surface area contributed by atoms with Crippen LogP contribution in [0.2, 0.25) is 0 Å². The summed E-state index contributed by atoms with van der Waals surface area (Å²) >= 11 is 0. The number of hydrogen-bond donors (Lipinski definition) is 3. The van der Waals surface area contributed by atoms with Crippen molar-refractivity contribution < 1.29 is 14.0 Å². The molecule has 3 N–H and O–H groups in total. The van der Waals surface area contributed by atoms with Gasteiger partial charge >= 0.3 is 0 Å². The van der Waals surface area contributed by atoms with Crippen molar-refractivity contribution in [1.82, 2.24) is 25.1 Å². The van der Waals surface area contributed by atoms with E-state index in [-0.39, 0.29) is 17.6 Å². The number of likely N-dealkylation sites (N-methyl/N-ethyl adjacent to an activating group) is 2. The molecule has 0 aliphatic rings. The van der Waals surface area contributed by atoms with E-state index >= 15 is 0 Å². The molecular weight excluding hydrogens is 533 g/mol. The SMILES string of the molecule is CCCNc1nc(Nc2cccc(F)c2)ncc1CCc1ccccc1CNC(=O)[C@H](C)N(C)C(=O)C=CCN(C)C. The minimum Gasteiger partial charge on any atom is -0.370 e. The lowest BCUT2D eigenvalue weighted by molar-refractivity contribution is -0.135. The fraction of sp³-hybridized carbons (Fsp3) is 0.375. The first-order valence-corrected chi connectivity index (χ1v) is 14.2. The van der Waals surface area contributed by atoms with Gasteiger partial charge in [0.1, 0.15) is 17.7 Å². The lowest BCUT2D eigenvalue weighted by Gasteiger charge is -2.23. The van der Waals surface area contributed by atoms with Gasteiger partial charge in [0.25, 0.3) is 0 Å².